The maximum Gasteiger partial charge on any atom is 0.419 e. The number of nitrogen functional groups attached to an aromatic ring is 1. The molecule has 0 aliphatic rings. The lowest BCUT2D eigenvalue weighted by molar-refractivity contribution is -0.139. The normalized spacial score (nSPS) is 11.8. The van der Waals surface area contributed by atoms with Gasteiger partial charge in [0.25, 0.3) is 0 Å². The number of hydrogen-bond donors (Lipinski definition) is 2. The zero-order chi connectivity index (χ0) is 14.2. The Kier molecular flexibility index (Phi) is 3.21. The fraction of sp³-hybridized carbons (Fsp3) is 0.250. The molecule has 0 atom stereocenters. The molecule has 1 aromatic heterocycles. The van der Waals surface area contributed by atoms with E-state index < -0.39 is 17.6 Å². The highest BCUT2D eigenvalue weighted by Crippen LogP contribution is 2.35. The Balaban J connectivity index is 2.58. The fourth-order valence-electron chi connectivity index (χ4n) is 1.87. The van der Waals surface area contributed by atoms with Crippen LogP contribution in [-0.4, -0.2) is 10.2 Å². The summed E-state index contributed by atoms with van der Waals surface area (Å²) >= 11 is 0. The number of nitrogens with two attached hydrogens (primary N) is 1. The van der Waals surface area contributed by atoms with Crippen molar-refractivity contribution in [3.63, 3.8) is 0 Å². The summed E-state index contributed by atoms with van der Waals surface area (Å²) in [6, 6.07) is 2.80. The van der Waals surface area contributed by atoms with E-state index in [2.05, 4.69) is 10.2 Å². The fourth-order valence-corrected chi connectivity index (χ4v) is 1.87. The first kappa shape index (κ1) is 13.4. The predicted molar refractivity (Wildman–Crippen MR) is 62.8 cm³/mol. The van der Waals surface area contributed by atoms with E-state index in [1.54, 1.807) is 6.92 Å². The Hall–Kier alpha value is -2.05. The van der Waals surface area contributed by atoms with E-state index in [0.29, 0.717) is 17.7 Å². The van der Waals surface area contributed by atoms with Gasteiger partial charge in [-0.15, -0.1) is 0 Å². The van der Waals surface area contributed by atoms with Gasteiger partial charge in [-0.05, 0) is 24.6 Å². The molecule has 19 heavy (non-hydrogen) atoms. The minimum atomic E-state index is -4.74. The van der Waals surface area contributed by atoms with Crippen LogP contribution in [0.3, 0.4) is 0 Å². The zero-order valence-electron chi connectivity index (χ0n) is 9.98. The van der Waals surface area contributed by atoms with Crippen LogP contribution in [0, 0.1) is 5.82 Å². The molecule has 3 N–H and O–H groups in total. The minimum absolute atomic E-state index is 0.203. The molecular formula is C12H11F4N3. The average Bonchev–Trinajstić information content (AvgIpc) is 2.69. The molecule has 1 aromatic carbocycles. The number of benzene rings is 1. The van der Waals surface area contributed by atoms with Crippen molar-refractivity contribution in [3.8, 4) is 11.3 Å². The number of rotatable bonds is 2. The first-order valence-corrected chi connectivity index (χ1v) is 5.54. The molecule has 0 bridgehead atoms. The van der Waals surface area contributed by atoms with E-state index in [9.17, 15) is 17.6 Å². The topological polar surface area (TPSA) is 54.7 Å². The van der Waals surface area contributed by atoms with Crippen molar-refractivity contribution in [2.75, 3.05) is 5.73 Å². The van der Waals surface area contributed by atoms with Crippen molar-refractivity contribution < 1.29 is 17.6 Å². The monoisotopic (exact) mass is 273 g/mol. The zero-order valence-corrected chi connectivity index (χ0v) is 9.98. The summed E-state index contributed by atoms with van der Waals surface area (Å²) in [6.07, 6.45) is -4.23. The van der Waals surface area contributed by atoms with Crippen LogP contribution in [0.2, 0.25) is 0 Å². The van der Waals surface area contributed by atoms with Crippen molar-refractivity contribution in [1.82, 2.24) is 10.2 Å². The van der Waals surface area contributed by atoms with Crippen molar-refractivity contribution in [3.05, 3.63) is 35.1 Å². The summed E-state index contributed by atoms with van der Waals surface area (Å²) in [4.78, 5) is 0. The van der Waals surface area contributed by atoms with Gasteiger partial charge in [0.05, 0.1) is 11.3 Å². The summed E-state index contributed by atoms with van der Waals surface area (Å²) in [7, 11) is 0. The number of H-pyrrole nitrogens is 1. The quantitative estimate of drug-likeness (QED) is 0.824. The molecule has 2 aromatic rings. The SMILES string of the molecule is CCc1c(N)n[nH]c1-c1ccc(F)c(C(F)(F)F)c1. The third-order valence-electron chi connectivity index (χ3n) is 2.81. The summed E-state index contributed by atoms with van der Waals surface area (Å²) in [6.45, 7) is 1.80. The molecule has 0 radical (unpaired) electrons. The van der Waals surface area contributed by atoms with E-state index >= 15 is 0 Å². The second-order valence-electron chi connectivity index (χ2n) is 4.01. The molecule has 102 valence electrons. The summed E-state index contributed by atoms with van der Waals surface area (Å²) < 4.78 is 51.1. The number of halogens is 4. The molecule has 2 rings (SSSR count). The number of hydrogen-bond acceptors (Lipinski definition) is 2. The highest BCUT2D eigenvalue weighted by molar-refractivity contribution is 5.68. The molecule has 3 nitrogen and oxygen atoms in total. The molecule has 0 aliphatic heterocycles. The van der Waals surface area contributed by atoms with Crippen LogP contribution in [0.15, 0.2) is 18.2 Å². The maximum atomic E-state index is 13.2. The molecule has 0 amide bonds. The van der Waals surface area contributed by atoms with E-state index in [4.69, 9.17) is 5.73 Å². The molecule has 0 spiro atoms. The van der Waals surface area contributed by atoms with Crippen LogP contribution in [0.25, 0.3) is 11.3 Å². The van der Waals surface area contributed by atoms with Gasteiger partial charge in [0.15, 0.2) is 0 Å². The van der Waals surface area contributed by atoms with Crippen molar-refractivity contribution in [2.24, 2.45) is 0 Å². The van der Waals surface area contributed by atoms with Crippen LogP contribution in [0.1, 0.15) is 18.1 Å². The first-order valence-electron chi connectivity index (χ1n) is 5.54. The van der Waals surface area contributed by atoms with Gasteiger partial charge in [-0.1, -0.05) is 6.92 Å². The largest absolute Gasteiger partial charge is 0.419 e. The second kappa shape index (κ2) is 4.56. The van der Waals surface area contributed by atoms with E-state index in [1.165, 1.54) is 6.07 Å². The van der Waals surface area contributed by atoms with E-state index in [1.807, 2.05) is 0 Å². The number of aromatic amines is 1. The lowest BCUT2D eigenvalue weighted by Crippen LogP contribution is -2.08. The lowest BCUT2D eigenvalue weighted by Gasteiger charge is -2.10. The first-order chi connectivity index (χ1) is 8.84. The van der Waals surface area contributed by atoms with Crippen molar-refractivity contribution in [2.45, 2.75) is 19.5 Å². The van der Waals surface area contributed by atoms with Crippen molar-refractivity contribution >= 4 is 5.82 Å². The third-order valence-corrected chi connectivity index (χ3v) is 2.81. The van der Waals surface area contributed by atoms with E-state index in [0.717, 1.165) is 12.1 Å². The highest BCUT2D eigenvalue weighted by atomic mass is 19.4. The third kappa shape index (κ3) is 2.40. The molecule has 7 heteroatoms. The molecule has 0 aliphatic carbocycles. The second-order valence-corrected chi connectivity index (χ2v) is 4.01. The summed E-state index contributed by atoms with van der Waals surface area (Å²) in [5, 5.41) is 6.33. The standard InChI is InChI=1S/C12H11F4N3/c1-2-7-10(18-19-11(7)17)6-3-4-9(13)8(5-6)12(14,15)16/h3-5H,2H2,1H3,(H3,17,18,19). The maximum absolute atomic E-state index is 13.2. The minimum Gasteiger partial charge on any atom is -0.382 e. The van der Waals surface area contributed by atoms with Crippen LogP contribution in [0.4, 0.5) is 23.4 Å². The number of aromatic nitrogens is 2. The molecule has 0 saturated carbocycles. The van der Waals surface area contributed by atoms with Gasteiger partial charge < -0.3 is 5.73 Å². The van der Waals surface area contributed by atoms with E-state index in [-0.39, 0.29) is 11.4 Å². The predicted octanol–water partition coefficient (Wildman–Crippen LogP) is 3.38. The Morgan fingerprint density at radius 3 is 2.58 bits per heavy atom. The Morgan fingerprint density at radius 2 is 2.00 bits per heavy atom. The molecular weight excluding hydrogens is 262 g/mol. The number of alkyl halides is 3. The molecule has 1 heterocycles. The van der Waals surface area contributed by atoms with Crippen LogP contribution in [-0.2, 0) is 12.6 Å². The number of nitrogens with zero attached hydrogens (tertiary/aromatic N) is 1. The number of anilines is 1. The van der Waals surface area contributed by atoms with Gasteiger partial charge >= 0.3 is 6.18 Å². The van der Waals surface area contributed by atoms with Crippen LogP contribution < -0.4 is 5.73 Å². The van der Waals surface area contributed by atoms with Crippen LogP contribution >= 0.6 is 0 Å². The average molecular weight is 273 g/mol. The summed E-state index contributed by atoms with van der Waals surface area (Å²) in [5.74, 6) is -1.07. The molecule has 0 fully saturated rings. The Morgan fingerprint density at radius 1 is 1.32 bits per heavy atom. The van der Waals surface area contributed by atoms with Gasteiger partial charge in [-0.3, -0.25) is 5.10 Å². The van der Waals surface area contributed by atoms with Gasteiger partial charge in [-0.25, -0.2) is 4.39 Å². The molecule has 0 saturated heterocycles. The van der Waals surface area contributed by atoms with Gasteiger partial charge in [-0.2, -0.15) is 18.3 Å². The van der Waals surface area contributed by atoms with Crippen LogP contribution in [0.5, 0.6) is 0 Å². The van der Waals surface area contributed by atoms with Gasteiger partial charge in [0.2, 0.25) is 0 Å². The summed E-state index contributed by atoms with van der Waals surface area (Å²) in [5.41, 5.74) is 5.49. The lowest BCUT2D eigenvalue weighted by atomic mass is 10.0. The molecule has 0 unspecified atom stereocenters. The highest BCUT2D eigenvalue weighted by Gasteiger charge is 2.34. The van der Waals surface area contributed by atoms with Gasteiger partial charge in [0, 0.05) is 11.1 Å². The smallest absolute Gasteiger partial charge is 0.382 e. The van der Waals surface area contributed by atoms with Gasteiger partial charge in [0.1, 0.15) is 11.6 Å². The van der Waals surface area contributed by atoms with Crippen molar-refractivity contribution in [1.29, 1.82) is 0 Å². The Labute approximate surface area is 106 Å². The Bertz CT molecular complexity index is 602. The number of nitrogens with one attached hydrogen (secondary N) is 1.